The maximum Gasteiger partial charge on any atom is 0.393 e. The zero-order valence-electron chi connectivity index (χ0n) is 22.1. The van der Waals surface area contributed by atoms with Crippen molar-refractivity contribution >= 4 is 6.21 Å². The minimum atomic E-state index is -4.23. The van der Waals surface area contributed by atoms with Gasteiger partial charge in [0, 0.05) is 22.9 Å². The number of allylic oxidation sites excluding steroid dienone is 1. The van der Waals surface area contributed by atoms with Crippen molar-refractivity contribution in [3.05, 3.63) is 53.1 Å². The molecular weight excluding hydrogens is 459 g/mol. The molecule has 2 saturated carbocycles. The van der Waals surface area contributed by atoms with Crippen LogP contribution in [0.25, 0.3) is 11.3 Å². The first-order valence-corrected chi connectivity index (χ1v) is 13.4. The molecule has 196 valence electrons. The molecule has 2 aliphatic carbocycles. The highest BCUT2D eigenvalue weighted by molar-refractivity contribution is 5.63. The molecule has 0 aliphatic heterocycles. The summed E-state index contributed by atoms with van der Waals surface area (Å²) < 4.78 is 37.0. The molecule has 0 saturated heterocycles. The summed E-state index contributed by atoms with van der Waals surface area (Å²) in [6, 6.07) is 4.38. The minimum absolute atomic E-state index is 0.177. The van der Waals surface area contributed by atoms with Gasteiger partial charge in [0.1, 0.15) is 5.82 Å². The van der Waals surface area contributed by atoms with E-state index in [4.69, 9.17) is 4.98 Å². The van der Waals surface area contributed by atoms with Crippen molar-refractivity contribution in [2.45, 2.75) is 97.1 Å². The molecule has 2 fully saturated rings. The molecule has 0 spiro atoms. The number of halogens is 3. The zero-order chi connectivity index (χ0) is 26.1. The number of imidazole rings is 1. The summed E-state index contributed by atoms with van der Waals surface area (Å²) in [5, 5.41) is 0. The highest BCUT2D eigenvalue weighted by Gasteiger charge is 2.47. The fourth-order valence-corrected chi connectivity index (χ4v) is 6.99. The number of aromatic amines is 1. The van der Waals surface area contributed by atoms with Gasteiger partial charge in [-0.15, -0.1) is 0 Å². The quantitative estimate of drug-likeness (QED) is 0.363. The average Bonchev–Trinajstić information content (AvgIpc) is 3.28. The number of rotatable bonds is 8. The van der Waals surface area contributed by atoms with Gasteiger partial charge in [-0.05, 0) is 105 Å². The van der Waals surface area contributed by atoms with Crippen LogP contribution in [0.1, 0.15) is 87.7 Å². The predicted molar refractivity (Wildman–Crippen MR) is 141 cm³/mol. The lowest BCUT2D eigenvalue weighted by Crippen LogP contribution is -2.43. The average molecular weight is 500 g/mol. The summed E-state index contributed by atoms with van der Waals surface area (Å²) in [5.74, 6) is 3.52. The smallest absolute Gasteiger partial charge is 0.342 e. The number of nitrogens with zero attached hydrogens (tertiary/aromatic N) is 2. The van der Waals surface area contributed by atoms with E-state index in [1.54, 1.807) is 0 Å². The number of aliphatic imine (C=N–C) groups is 1. The van der Waals surface area contributed by atoms with Gasteiger partial charge in [0.05, 0.1) is 18.3 Å². The van der Waals surface area contributed by atoms with Crippen molar-refractivity contribution in [1.29, 1.82) is 0 Å². The van der Waals surface area contributed by atoms with Crippen LogP contribution in [0, 0.1) is 31.6 Å². The maximum atomic E-state index is 12.3. The van der Waals surface area contributed by atoms with E-state index in [0.717, 1.165) is 35.2 Å². The first-order valence-electron chi connectivity index (χ1n) is 13.4. The molecule has 4 rings (SSSR count). The van der Waals surface area contributed by atoms with Crippen molar-refractivity contribution < 1.29 is 13.2 Å². The predicted octanol–water partition coefficient (Wildman–Crippen LogP) is 8.66. The highest BCUT2D eigenvalue weighted by Crippen LogP contribution is 2.54. The van der Waals surface area contributed by atoms with Crippen LogP contribution in [0.3, 0.4) is 0 Å². The van der Waals surface area contributed by atoms with Crippen LogP contribution in [0.2, 0.25) is 0 Å². The number of fused-ring (bicyclic) bond motifs is 2. The second-order valence-corrected chi connectivity index (χ2v) is 11.5. The molecule has 4 unspecified atom stereocenters. The molecule has 0 amide bonds. The van der Waals surface area contributed by atoms with E-state index in [-0.39, 0.29) is 5.41 Å². The molecule has 1 heterocycles. The Morgan fingerprint density at radius 2 is 1.92 bits per heavy atom. The van der Waals surface area contributed by atoms with Gasteiger partial charge < -0.3 is 4.98 Å². The summed E-state index contributed by atoms with van der Waals surface area (Å²) in [5.41, 5.74) is 6.38. The van der Waals surface area contributed by atoms with E-state index in [9.17, 15) is 13.2 Å². The molecule has 4 atom stereocenters. The summed E-state index contributed by atoms with van der Waals surface area (Å²) in [6.45, 7) is 12.7. The molecule has 2 aliphatic rings. The molecular formula is C30H40F3N3. The van der Waals surface area contributed by atoms with Crippen LogP contribution in [0.15, 0.2) is 35.6 Å². The van der Waals surface area contributed by atoms with Crippen LogP contribution >= 0.6 is 0 Å². The number of hydrogen-bond acceptors (Lipinski definition) is 2. The van der Waals surface area contributed by atoms with Gasteiger partial charge in [0.15, 0.2) is 0 Å². The molecule has 36 heavy (non-hydrogen) atoms. The van der Waals surface area contributed by atoms with Crippen molar-refractivity contribution in [1.82, 2.24) is 9.97 Å². The lowest BCUT2D eigenvalue weighted by Gasteiger charge is -2.49. The second-order valence-electron chi connectivity index (χ2n) is 11.5. The Hall–Kier alpha value is -2.37. The molecule has 2 bridgehead atoms. The van der Waals surface area contributed by atoms with E-state index in [1.165, 1.54) is 61.0 Å². The van der Waals surface area contributed by atoms with Crippen LogP contribution in [-0.4, -0.2) is 22.4 Å². The third-order valence-electron chi connectivity index (χ3n) is 8.42. The Balaban J connectivity index is 1.49. The maximum absolute atomic E-state index is 12.3. The number of H-pyrrole nitrogens is 1. The standard InChI is InChI=1S/C30H40F3N3/c1-6-23-14-24-11-19(2)15-29(16-23,17-24)28-35-18-27(36-28)25-12-20(3)26(21(4)13-25)8-7-22(5)34-10-9-30(31,32)33/h10,12-13,18-19,23-24H,5-9,11,14-17H2,1-4H3,(H,35,36). The molecule has 6 heteroatoms. The molecule has 1 N–H and O–H groups in total. The molecule has 3 nitrogen and oxygen atoms in total. The van der Waals surface area contributed by atoms with Crippen LogP contribution in [0.4, 0.5) is 13.2 Å². The van der Waals surface area contributed by atoms with Crippen molar-refractivity contribution in [2.24, 2.45) is 22.7 Å². The van der Waals surface area contributed by atoms with Crippen LogP contribution in [-0.2, 0) is 11.8 Å². The van der Waals surface area contributed by atoms with E-state index in [0.29, 0.717) is 18.5 Å². The first kappa shape index (κ1) is 26.7. The number of hydrogen-bond donors (Lipinski definition) is 1. The van der Waals surface area contributed by atoms with Crippen LogP contribution in [0.5, 0.6) is 0 Å². The van der Waals surface area contributed by atoms with Gasteiger partial charge >= 0.3 is 6.18 Å². The van der Waals surface area contributed by atoms with Crippen molar-refractivity contribution in [3.8, 4) is 11.3 Å². The first-order chi connectivity index (χ1) is 17.0. The largest absolute Gasteiger partial charge is 0.393 e. The van der Waals surface area contributed by atoms with E-state index in [2.05, 4.69) is 56.4 Å². The lowest BCUT2D eigenvalue weighted by molar-refractivity contribution is -0.120. The lowest BCUT2D eigenvalue weighted by atomic mass is 9.56. The highest BCUT2D eigenvalue weighted by atomic mass is 19.4. The monoisotopic (exact) mass is 499 g/mol. The number of nitrogens with one attached hydrogen (secondary N) is 1. The SMILES string of the molecule is C=C(CCc1c(C)cc(-c2cnc(C34CC(C)CC(CC(CC)C3)C4)[nH]2)cc1C)N=CCC(F)(F)F. The third kappa shape index (κ3) is 6.12. The molecule has 1 aromatic heterocycles. The number of aryl methyl sites for hydroxylation is 2. The normalized spacial score (nSPS) is 26.5. The molecule has 2 aromatic rings. The minimum Gasteiger partial charge on any atom is -0.342 e. The number of benzene rings is 1. The van der Waals surface area contributed by atoms with E-state index < -0.39 is 12.6 Å². The topological polar surface area (TPSA) is 41.0 Å². The Kier molecular flexibility index (Phi) is 7.82. The Morgan fingerprint density at radius 1 is 1.19 bits per heavy atom. The summed E-state index contributed by atoms with van der Waals surface area (Å²) >= 11 is 0. The summed E-state index contributed by atoms with van der Waals surface area (Å²) in [4.78, 5) is 12.6. The van der Waals surface area contributed by atoms with Gasteiger partial charge in [0.2, 0.25) is 0 Å². The number of aromatic nitrogens is 2. The summed E-state index contributed by atoms with van der Waals surface area (Å²) in [6.07, 6.45) is 6.58. The Morgan fingerprint density at radius 3 is 2.58 bits per heavy atom. The summed E-state index contributed by atoms with van der Waals surface area (Å²) in [7, 11) is 0. The van der Waals surface area contributed by atoms with Crippen LogP contribution < -0.4 is 0 Å². The van der Waals surface area contributed by atoms with E-state index in [1.807, 2.05) is 6.20 Å². The Labute approximate surface area is 213 Å². The molecule has 1 aromatic carbocycles. The molecule has 0 radical (unpaired) electrons. The van der Waals surface area contributed by atoms with E-state index >= 15 is 0 Å². The van der Waals surface area contributed by atoms with Crippen molar-refractivity contribution in [3.63, 3.8) is 0 Å². The number of alkyl halides is 3. The third-order valence-corrected chi connectivity index (χ3v) is 8.42. The van der Waals surface area contributed by atoms with Gasteiger partial charge in [-0.25, -0.2) is 4.98 Å². The fourth-order valence-electron chi connectivity index (χ4n) is 6.99. The van der Waals surface area contributed by atoms with Gasteiger partial charge in [-0.3, -0.25) is 4.99 Å². The fraction of sp³-hybridized carbons (Fsp3) is 0.600. The van der Waals surface area contributed by atoms with Gasteiger partial charge in [0.25, 0.3) is 0 Å². The van der Waals surface area contributed by atoms with Gasteiger partial charge in [-0.2, -0.15) is 13.2 Å². The Bertz CT molecular complexity index is 1090. The van der Waals surface area contributed by atoms with Crippen molar-refractivity contribution in [2.75, 3.05) is 0 Å². The second kappa shape index (κ2) is 10.5. The van der Waals surface area contributed by atoms with Gasteiger partial charge in [-0.1, -0.05) is 26.8 Å². The zero-order valence-corrected chi connectivity index (χ0v) is 22.1.